The van der Waals surface area contributed by atoms with Crippen molar-refractivity contribution in [2.24, 2.45) is 5.10 Å². The molecule has 0 amide bonds. The highest BCUT2D eigenvalue weighted by atomic mass is 16.4. The third kappa shape index (κ3) is 3.94. The molecule has 1 aliphatic rings. The number of carboxylic acid groups (broad SMARTS) is 3. The second-order valence-electron chi connectivity index (χ2n) is 8.37. The summed E-state index contributed by atoms with van der Waals surface area (Å²) in [6.45, 7) is 0. The molecular weight excluding hydrogens is 460 g/mol. The van der Waals surface area contributed by atoms with Crippen LogP contribution < -0.4 is 5.01 Å². The maximum Gasteiger partial charge on any atom is 0.336 e. The standard InChI is InChI=1S/C28H20N2O6/c31-26(32)17-9-11-18(12-10-17)30-24(16-5-2-1-3-6-16)15-23(29-30)19-13-14-22(28(35)36)25-20(19)7-4-8-21(25)27(33)34/h1-14,24H,15H2,(H,31,32)(H,33,34)(H,35,36)/t24-/m0/s1. The van der Waals surface area contributed by atoms with E-state index in [1.54, 1.807) is 30.3 Å². The Morgan fingerprint density at radius 2 is 1.39 bits per heavy atom. The van der Waals surface area contributed by atoms with Crippen LogP contribution in [0.5, 0.6) is 0 Å². The van der Waals surface area contributed by atoms with Crippen molar-refractivity contribution in [1.29, 1.82) is 0 Å². The minimum atomic E-state index is -1.21. The molecule has 0 aliphatic carbocycles. The molecule has 8 heteroatoms. The summed E-state index contributed by atoms with van der Waals surface area (Å²) in [7, 11) is 0. The first kappa shape index (κ1) is 22.8. The van der Waals surface area contributed by atoms with Crippen LogP contribution in [-0.2, 0) is 0 Å². The lowest BCUT2D eigenvalue weighted by Gasteiger charge is -2.24. The molecule has 0 radical (unpaired) electrons. The molecule has 1 heterocycles. The van der Waals surface area contributed by atoms with E-state index in [1.165, 1.54) is 24.3 Å². The maximum atomic E-state index is 11.9. The number of carbonyl (C=O) groups is 3. The predicted molar refractivity (Wildman–Crippen MR) is 134 cm³/mol. The lowest BCUT2D eigenvalue weighted by Crippen LogP contribution is -2.18. The van der Waals surface area contributed by atoms with Gasteiger partial charge in [0.05, 0.1) is 34.1 Å². The van der Waals surface area contributed by atoms with E-state index in [0.717, 1.165) is 5.56 Å². The van der Waals surface area contributed by atoms with Gasteiger partial charge in [0, 0.05) is 17.4 Å². The van der Waals surface area contributed by atoms with E-state index in [2.05, 4.69) is 0 Å². The summed E-state index contributed by atoms with van der Waals surface area (Å²) in [6.07, 6.45) is 0.476. The Morgan fingerprint density at radius 3 is 2.03 bits per heavy atom. The number of benzene rings is 4. The fraction of sp³-hybridized carbons (Fsp3) is 0.0714. The van der Waals surface area contributed by atoms with Crippen LogP contribution in [0.1, 0.15) is 54.7 Å². The van der Waals surface area contributed by atoms with Crippen molar-refractivity contribution in [3.8, 4) is 0 Å². The molecule has 0 aromatic heterocycles. The highest BCUT2D eigenvalue weighted by Crippen LogP contribution is 2.38. The zero-order chi connectivity index (χ0) is 25.4. The van der Waals surface area contributed by atoms with Gasteiger partial charge in [-0.2, -0.15) is 5.10 Å². The maximum absolute atomic E-state index is 11.9. The van der Waals surface area contributed by atoms with E-state index < -0.39 is 17.9 Å². The first-order valence-electron chi connectivity index (χ1n) is 11.1. The van der Waals surface area contributed by atoms with E-state index in [-0.39, 0.29) is 28.1 Å². The molecule has 0 spiro atoms. The van der Waals surface area contributed by atoms with Crippen molar-refractivity contribution < 1.29 is 29.7 Å². The molecule has 0 unspecified atom stereocenters. The van der Waals surface area contributed by atoms with Gasteiger partial charge in [-0.3, -0.25) is 5.01 Å². The van der Waals surface area contributed by atoms with E-state index >= 15 is 0 Å². The van der Waals surface area contributed by atoms with Gasteiger partial charge in [-0.25, -0.2) is 14.4 Å². The van der Waals surface area contributed by atoms with Crippen LogP contribution in [0, 0.1) is 0 Å². The van der Waals surface area contributed by atoms with Gasteiger partial charge >= 0.3 is 17.9 Å². The lowest BCUT2D eigenvalue weighted by atomic mass is 9.91. The third-order valence-corrected chi connectivity index (χ3v) is 6.29. The average Bonchev–Trinajstić information content (AvgIpc) is 3.33. The molecule has 4 aromatic rings. The molecule has 0 fully saturated rings. The number of carboxylic acids is 3. The van der Waals surface area contributed by atoms with Crippen molar-refractivity contribution in [3.63, 3.8) is 0 Å². The zero-order valence-corrected chi connectivity index (χ0v) is 18.8. The molecule has 0 bridgehead atoms. The van der Waals surface area contributed by atoms with E-state index in [4.69, 9.17) is 5.10 Å². The Balaban J connectivity index is 1.68. The zero-order valence-electron chi connectivity index (χ0n) is 18.8. The first-order chi connectivity index (χ1) is 17.3. The van der Waals surface area contributed by atoms with Gasteiger partial charge in [-0.1, -0.05) is 48.5 Å². The van der Waals surface area contributed by atoms with Crippen LogP contribution in [0.2, 0.25) is 0 Å². The van der Waals surface area contributed by atoms with Crippen LogP contribution >= 0.6 is 0 Å². The van der Waals surface area contributed by atoms with Gasteiger partial charge < -0.3 is 15.3 Å². The molecule has 0 saturated carbocycles. The Kier molecular flexibility index (Phi) is 5.69. The number of nitrogens with zero attached hydrogens (tertiary/aromatic N) is 2. The molecule has 3 N–H and O–H groups in total. The van der Waals surface area contributed by atoms with Crippen molar-refractivity contribution in [3.05, 3.63) is 113 Å². The second kappa shape index (κ2) is 8.99. The summed E-state index contributed by atoms with van der Waals surface area (Å²) in [5.74, 6) is -3.45. The Morgan fingerprint density at radius 1 is 0.722 bits per heavy atom. The van der Waals surface area contributed by atoms with Gasteiger partial charge in [-0.05, 0) is 47.3 Å². The Bertz CT molecular complexity index is 1520. The van der Waals surface area contributed by atoms with Crippen LogP contribution in [0.4, 0.5) is 5.69 Å². The molecule has 1 atom stereocenters. The van der Waals surface area contributed by atoms with Crippen molar-refractivity contribution in [1.82, 2.24) is 0 Å². The molecule has 178 valence electrons. The fourth-order valence-electron chi connectivity index (χ4n) is 4.62. The number of rotatable bonds is 6. The predicted octanol–water partition coefficient (Wildman–Crippen LogP) is 5.29. The summed E-state index contributed by atoms with van der Waals surface area (Å²) >= 11 is 0. The molecule has 36 heavy (non-hydrogen) atoms. The van der Waals surface area contributed by atoms with Crippen molar-refractivity contribution >= 4 is 40.1 Å². The molecule has 5 rings (SSSR count). The summed E-state index contributed by atoms with van der Waals surface area (Å²) in [6, 6.07) is 23.7. The number of hydrogen-bond acceptors (Lipinski definition) is 5. The van der Waals surface area contributed by atoms with Crippen LogP contribution in [0.15, 0.2) is 90.0 Å². The van der Waals surface area contributed by atoms with Crippen LogP contribution in [-0.4, -0.2) is 38.9 Å². The summed E-state index contributed by atoms with van der Waals surface area (Å²) < 4.78 is 0. The smallest absolute Gasteiger partial charge is 0.336 e. The Hall–Kier alpha value is -4.98. The monoisotopic (exact) mass is 480 g/mol. The van der Waals surface area contributed by atoms with Gasteiger partial charge in [0.15, 0.2) is 0 Å². The summed E-state index contributed by atoms with van der Waals surface area (Å²) in [5.41, 5.74) is 2.98. The fourth-order valence-corrected chi connectivity index (χ4v) is 4.62. The van der Waals surface area contributed by atoms with E-state index in [9.17, 15) is 29.7 Å². The summed E-state index contributed by atoms with van der Waals surface area (Å²) in [5, 5.41) is 36.0. The molecule has 4 aromatic carbocycles. The minimum Gasteiger partial charge on any atom is -0.478 e. The number of fused-ring (bicyclic) bond motifs is 1. The first-order valence-corrected chi connectivity index (χ1v) is 11.1. The second-order valence-corrected chi connectivity index (χ2v) is 8.37. The van der Waals surface area contributed by atoms with Gasteiger partial charge in [0.2, 0.25) is 0 Å². The van der Waals surface area contributed by atoms with Crippen LogP contribution in [0.3, 0.4) is 0 Å². The Labute approximate surface area is 205 Å². The van der Waals surface area contributed by atoms with Gasteiger partial charge in [0.1, 0.15) is 0 Å². The average molecular weight is 480 g/mol. The van der Waals surface area contributed by atoms with Crippen molar-refractivity contribution in [2.45, 2.75) is 12.5 Å². The number of anilines is 1. The minimum absolute atomic E-state index is 0.0916. The number of aromatic carboxylic acids is 3. The highest BCUT2D eigenvalue weighted by molar-refractivity contribution is 6.20. The van der Waals surface area contributed by atoms with E-state index in [0.29, 0.717) is 28.8 Å². The van der Waals surface area contributed by atoms with Gasteiger partial charge in [0.25, 0.3) is 0 Å². The molecule has 1 aliphatic heterocycles. The molecule has 8 nitrogen and oxygen atoms in total. The lowest BCUT2D eigenvalue weighted by molar-refractivity contribution is 0.0684. The highest BCUT2D eigenvalue weighted by Gasteiger charge is 2.31. The largest absolute Gasteiger partial charge is 0.478 e. The van der Waals surface area contributed by atoms with Crippen molar-refractivity contribution in [2.75, 3.05) is 5.01 Å². The third-order valence-electron chi connectivity index (χ3n) is 6.29. The number of hydrogen-bond donors (Lipinski definition) is 3. The normalized spacial score (nSPS) is 15.1. The molecule has 0 saturated heterocycles. The molecular formula is C28H20N2O6. The van der Waals surface area contributed by atoms with Gasteiger partial charge in [-0.15, -0.1) is 0 Å². The topological polar surface area (TPSA) is 128 Å². The quantitative estimate of drug-likeness (QED) is 0.342. The van der Waals surface area contributed by atoms with E-state index in [1.807, 2.05) is 35.3 Å². The number of hydrazone groups is 1. The SMILES string of the molecule is O=C(O)c1ccc(N2N=C(c3ccc(C(=O)O)c4c(C(=O)O)cccc34)C[C@H]2c2ccccc2)cc1. The summed E-state index contributed by atoms with van der Waals surface area (Å²) in [4.78, 5) is 35.1. The van der Waals surface area contributed by atoms with Crippen LogP contribution in [0.25, 0.3) is 10.8 Å².